The Labute approximate surface area is 121 Å². The lowest BCUT2D eigenvalue weighted by Crippen LogP contribution is -1.97. The number of hydrogen-bond acceptors (Lipinski definition) is 5. The second-order valence-electron chi connectivity index (χ2n) is 4.23. The van der Waals surface area contributed by atoms with Crippen LogP contribution in [0.5, 0.6) is 11.5 Å². The van der Waals surface area contributed by atoms with Gasteiger partial charge in [0.2, 0.25) is 0 Å². The van der Waals surface area contributed by atoms with Crippen molar-refractivity contribution in [3.8, 4) is 17.6 Å². The number of rotatable bonds is 5. The van der Waals surface area contributed by atoms with Crippen LogP contribution in [0.1, 0.15) is 11.1 Å². The third-order valence-corrected chi connectivity index (χ3v) is 2.87. The Bertz CT molecular complexity index is 707. The van der Waals surface area contributed by atoms with Gasteiger partial charge in [-0.1, -0.05) is 18.2 Å². The van der Waals surface area contributed by atoms with Crippen LogP contribution in [-0.2, 0) is 6.42 Å². The first-order valence-electron chi connectivity index (χ1n) is 6.21. The molecule has 2 rings (SSSR count). The Morgan fingerprint density at radius 2 is 2.00 bits per heavy atom. The van der Waals surface area contributed by atoms with Crippen molar-refractivity contribution in [1.82, 2.24) is 0 Å². The van der Waals surface area contributed by atoms with Crippen LogP contribution in [0.4, 0.5) is 5.69 Å². The van der Waals surface area contributed by atoms with Crippen LogP contribution >= 0.6 is 0 Å². The van der Waals surface area contributed by atoms with E-state index in [1.54, 1.807) is 12.1 Å². The Morgan fingerprint density at radius 1 is 1.24 bits per heavy atom. The number of nitro benzene ring substituents is 1. The molecule has 0 heterocycles. The molecule has 6 nitrogen and oxygen atoms in total. The highest BCUT2D eigenvalue weighted by molar-refractivity contribution is 5.52. The molecule has 2 aromatic rings. The standard InChI is InChI=1S/C15H12N2O4/c16-10-12-9-13(17(19)20)5-6-15(12)21-14-4-2-1-3-11(14)7-8-18/h1-6,9,18H,7-8H2. The normalized spacial score (nSPS) is 9.90. The van der Waals surface area contributed by atoms with Crippen molar-refractivity contribution in [2.45, 2.75) is 6.42 Å². The third kappa shape index (κ3) is 3.35. The van der Waals surface area contributed by atoms with Gasteiger partial charge in [0, 0.05) is 18.7 Å². The number of benzene rings is 2. The van der Waals surface area contributed by atoms with Crippen LogP contribution in [0, 0.1) is 21.4 Å². The lowest BCUT2D eigenvalue weighted by atomic mass is 10.1. The van der Waals surface area contributed by atoms with E-state index in [1.807, 2.05) is 18.2 Å². The Morgan fingerprint density at radius 3 is 2.67 bits per heavy atom. The fourth-order valence-electron chi connectivity index (χ4n) is 1.86. The van der Waals surface area contributed by atoms with Gasteiger partial charge >= 0.3 is 0 Å². The molecular formula is C15H12N2O4. The van der Waals surface area contributed by atoms with Gasteiger partial charge < -0.3 is 9.84 Å². The maximum atomic E-state index is 10.7. The zero-order chi connectivity index (χ0) is 15.2. The predicted octanol–water partition coefficient (Wildman–Crippen LogP) is 2.79. The summed E-state index contributed by atoms with van der Waals surface area (Å²) in [5.74, 6) is 0.755. The molecule has 21 heavy (non-hydrogen) atoms. The molecule has 0 unspecified atom stereocenters. The monoisotopic (exact) mass is 284 g/mol. The maximum absolute atomic E-state index is 10.7. The molecule has 0 aliphatic rings. The molecule has 0 fully saturated rings. The number of nitrogens with zero attached hydrogens (tertiary/aromatic N) is 2. The van der Waals surface area contributed by atoms with Gasteiger partial charge in [-0.3, -0.25) is 10.1 Å². The summed E-state index contributed by atoms with van der Waals surface area (Å²) in [6.45, 7) is -0.0221. The Balaban J connectivity index is 2.36. The highest BCUT2D eigenvalue weighted by atomic mass is 16.6. The van der Waals surface area contributed by atoms with E-state index < -0.39 is 4.92 Å². The zero-order valence-corrected chi connectivity index (χ0v) is 11.0. The van der Waals surface area contributed by atoms with Gasteiger partial charge in [-0.15, -0.1) is 0 Å². The van der Waals surface area contributed by atoms with Gasteiger partial charge in [-0.2, -0.15) is 5.26 Å². The largest absolute Gasteiger partial charge is 0.456 e. The average Bonchev–Trinajstić information content (AvgIpc) is 2.49. The summed E-state index contributed by atoms with van der Waals surface area (Å²) in [7, 11) is 0. The highest BCUT2D eigenvalue weighted by Crippen LogP contribution is 2.30. The minimum atomic E-state index is -0.565. The van der Waals surface area contributed by atoms with E-state index in [2.05, 4.69) is 0 Å². The molecule has 0 saturated heterocycles. The molecule has 1 N–H and O–H groups in total. The van der Waals surface area contributed by atoms with Crippen molar-refractivity contribution in [2.75, 3.05) is 6.61 Å². The van der Waals surface area contributed by atoms with Gasteiger partial charge in [0.05, 0.1) is 4.92 Å². The minimum Gasteiger partial charge on any atom is -0.456 e. The summed E-state index contributed by atoms with van der Waals surface area (Å²) >= 11 is 0. The molecule has 0 saturated carbocycles. The summed E-state index contributed by atoms with van der Waals surface area (Å²) in [5.41, 5.74) is 0.716. The zero-order valence-electron chi connectivity index (χ0n) is 11.0. The van der Waals surface area contributed by atoms with Gasteiger partial charge in [-0.05, 0) is 24.1 Å². The number of hydrogen-bond donors (Lipinski definition) is 1. The summed E-state index contributed by atoms with van der Waals surface area (Å²) < 4.78 is 5.66. The third-order valence-electron chi connectivity index (χ3n) is 2.87. The van der Waals surface area contributed by atoms with E-state index >= 15 is 0 Å². The lowest BCUT2D eigenvalue weighted by molar-refractivity contribution is -0.384. The molecule has 106 valence electrons. The van der Waals surface area contributed by atoms with Crippen molar-refractivity contribution in [3.63, 3.8) is 0 Å². The first-order valence-corrected chi connectivity index (χ1v) is 6.21. The molecule has 2 aromatic carbocycles. The van der Waals surface area contributed by atoms with E-state index in [9.17, 15) is 10.1 Å². The fraction of sp³-hybridized carbons (Fsp3) is 0.133. The second-order valence-corrected chi connectivity index (χ2v) is 4.23. The summed E-state index contributed by atoms with van der Waals surface area (Å²) in [6.07, 6.45) is 0.422. The smallest absolute Gasteiger partial charge is 0.271 e. The molecule has 0 atom stereocenters. The average molecular weight is 284 g/mol. The molecule has 0 radical (unpaired) electrons. The molecular weight excluding hydrogens is 272 g/mol. The number of aliphatic hydroxyl groups excluding tert-OH is 1. The van der Waals surface area contributed by atoms with E-state index in [0.29, 0.717) is 12.2 Å². The molecule has 0 aromatic heterocycles. The topological polar surface area (TPSA) is 96.4 Å². The Kier molecular flexibility index (Phi) is 4.49. The van der Waals surface area contributed by atoms with Crippen LogP contribution in [0.2, 0.25) is 0 Å². The molecule has 0 spiro atoms. The number of non-ortho nitro benzene ring substituents is 1. The number of ether oxygens (including phenoxy) is 1. The van der Waals surface area contributed by atoms with Crippen molar-refractivity contribution >= 4 is 5.69 Å². The molecule has 6 heteroatoms. The number of nitriles is 1. The van der Waals surface area contributed by atoms with E-state index in [1.165, 1.54) is 18.2 Å². The number of nitro groups is 1. The first kappa shape index (κ1) is 14.5. The highest BCUT2D eigenvalue weighted by Gasteiger charge is 2.13. The van der Waals surface area contributed by atoms with E-state index in [4.69, 9.17) is 15.1 Å². The van der Waals surface area contributed by atoms with Crippen molar-refractivity contribution in [3.05, 3.63) is 63.7 Å². The van der Waals surface area contributed by atoms with Crippen molar-refractivity contribution < 1.29 is 14.8 Å². The van der Waals surface area contributed by atoms with Crippen molar-refractivity contribution in [1.29, 1.82) is 5.26 Å². The number of para-hydroxylation sites is 1. The summed E-state index contributed by atoms with van der Waals surface area (Å²) in [6, 6.07) is 12.8. The first-order chi connectivity index (χ1) is 10.2. The Hall–Kier alpha value is -2.91. The van der Waals surface area contributed by atoms with Crippen LogP contribution in [0.15, 0.2) is 42.5 Å². The second kappa shape index (κ2) is 6.50. The quantitative estimate of drug-likeness (QED) is 0.672. The van der Waals surface area contributed by atoms with Gasteiger partial charge in [-0.25, -0.2) is 0 Å². The van der Waals surface area contributed by atoms with Crippen LogP contribution < -0.4 is 4.74 Å². The van der Waals surface area contributed by atoms with Crippen LogP contribution in [0.3, 0.4) is 0 Å². The van der Waals surface area contributed by atoms with Crippen LogP contribution in [0.25, 0.3) is 0 Å². The number of aliphatic hydroxyl groups is 1. The predicted molar refractivity (Wildman–Crippen MR) is 75.1 cm³/mol. The van der Waals surface area contributed by atoms with Crippen molar-refractivity contribution in [2.24, 2.45) is 0 Å². The van der Waals surface area contributed by atoms with Gasteiger partial charge in [0.25, 0.3) is 5.69 Å². The van der Waals surface area contributed by atoms with E-state index in [-0.39, 0.29) is 23.6 Å². The SMILES string of the molecule is N#Cc1cc([N+](=O)[O-])ccc1Oc1ccccc1CCO. The lowest BCUT2D eigenvalue weighted by Gasteiger charge is -2.11. The molecule has 0 amide bonds. The maximum Gasteiger partial charge on any atom is 0.271 e. The fourth-order valence-corrected chi connectivity index (χ4v) is 1.86. The molecule has 0 aliphatic carbocycles. The molecule has 0 aliphatic heterocycles. The van der Waals surface area contributed by atoms with Crippen LogP contribution in [-0.4, -0.2) is 16.6 Å². The van der Waals surface area contributed by atoms with E-state index in [0.717, 1.165) is 5.56 Å². The summed E-state index contributed by atoms with van der Waals surface area (Å²) in [4.78, 5) is 10.1. The minimum absolute atomic E-state index is 0.0221. The van der Waals surface area contributed by atoms with Gasteiger partial charge in [0.1, 0.15) is 23.1 Å². The van der Waals surface area contributed by atoms with Gasteiger partial charge in [0.15, 0.2) is 0 Å². The molecule has 0 bridgehead atoms. The summed E-state index contributed by atoms with van der Waals surface area (Å²) in [5, 5.41) is 28.8.